The van der Waals surface area contributed by atoms with Gasteiger partial charge in [-0.25, -0.2) is 4.98 Å². The molecule has 1 aromatic heterocycles. The summed E-state index contributed by atoms with van der Waals surface area (Å²) in [5, 5.41) is 9.88. The van der Waals surface area contributed by atoms with Crippen LogP contribution in [0.25, 0.3) is 0 Å². The van der Waals surface area contributed by atoms with E-state index in [1.165, 1.54) is 0 Å². The summed E-state index contributed by atoms with van der Waals surface area (Å²) in [5.74, 6) is 1.40. The van der Waals surface area contributed by atoms with Crippen LogP contribution in [0.2, 0.25) is 0 Å². The summed E-state index contributed by atoms with van der Waals surface area (Å²) in [4.78, 5) is 28.0. The van der Waals surface area contributed by atoms with Gasteiger partial charge in [-0.3, -0.25) is 14.3 Å². The van der Waals surface area contributed by atoms with Gasteiger partial charge in [-0.05, 0) is 39.3 Å². The van der Waals surface area contributed by atoms with Gasteiger partial charge in [0, 0.05) is 31.6 Å². The molecule has 0 aliphatic heterocycles. The molecule has 1 heterocycles. The molecule has 25 heavy (non-hydrogen) atoms. The first-order valence-corrected chi connectivity index (χ1v) is 8.45. The molecule has 134 valence electrons. The number of hydrogen-bond acceptors (Lipinski definition) is 4. The molecule has 0 unspecified atom stereocenters. The normalized spacial score (nSPS) is 10.5. The number of carbonyl (C=O) groups excluding carboxylic acids is 2. The fraction of sp³-hybridized carbons (Fsp3) is 0.444. The quantitative estimate of drug-likeness (QED) is 0.712. The van der Waals surface area contributed by atoms with Gasteiger partial charge in [0.1, 0.15) is 11.6 Å². The van der Waals surface area contributed by atoms with Crippen LogP contribution in [0.15, 0.2) is 24.3 Å². The Morgan fingerprint density at radius 3 is 2.40 bits per heavy atom. The highest BCUT2D eigenvalue weighted by Crippen LogP contribution is 2.02. The zero-order valence-corrected chi connectivity index (χ0v) is 15.0. The predicted octanol–water partition coefficient (Wildman–Crippen LogP) is 1.53. The molecule has 0 saturated heterocycles. The molecular weight excluding hydrogens is 318 g/mol. The van der Waals surface area contributed by atoms with Gasteiger partial charge >= 0.3 is 0 Å². The number of nitrogens with zero attached hydrogens (tertiary/aromatic N) is 3. The molecule has 0 bridgehead atoms. The van der Waals surface area contributed by atoms with E-state index in [0.717, 1.165) is 30.2 Å². The fourth-order valence-corrected chi connectivity index (χ4v) is 2.41. The zero-order valence-electron chi connectivity index (χ0n) is 15.0. The largest absolute Gasteiger partial charge is 0.356 e. The molecule has 0 aliphatic rings. The minimum absolute atomic E-state index is 0.0734. The molecule has 0 atom stereocenters. The molecule has 2 N–H and O–H groups in total. The zero-order chi connectivity index (χ0) is 18.2. The number of aromatic nitrogens is 3. The number of hydrogen-bond donors (Lipinski definition) is 2. The Kier molecular flexibility index (Phi) is 6.68. The number of carbonyl (C=O) groups is 2. The third-order valence-electron chi connectivity index (χ3n) is 3.78. The molecule has 1 aromatic carbocycles. The molecule has 2 amide bonds. The topological polar surface area (TPSA) is 88.9 Å². The lowest BCUT2D eigenvalue weighted by Crippen LogP contribution is -2.31. The van der Waals surface area contributed by atoms with E-state index in [-0.39, 0.29) is 18.2 Å². The fourth-order valence-electron chi connectivity index (χ4n) is 2.41. The SMILES string of the molecule is Cc1ccc(C(=O)NCCC(=O)NCCCn2nc(C)nc2C)cc1. The van der Waals surface area contributed by atoms with Crippen LogP contribution >= 0.6 is 0 Å². The van der Waals surface area contributed by atoms with E-state index in [9.17, 15) is 9.59 Å². The van der Waals surface area contributed by atoms with E-state index in [1.54, 1.807) is 12.1 Å². The van der Waals surface area contributed by atoms with Crippen molar-refractivity contribution in [3.8, 4) is 0 Å². The van der Waals surface area contributed by atoms with Gasteiger partial charge in [0.15, 0.2) is 0 Å². The second-order valence-corrected chi connectivity index (χ2v) is 6.00. The minimum atomic E-state index is -0.162. The maximum Gasteiger partial charge on any atom is 0.251 e. The van der Waals surface area contributed by atoms with Crippen molar-refractivity contribution in [2.75, 3.05) is 13.1 Å². The standard InChI is InChI=1S/C18H25N5O2/c1-13-5-7-16(8-6-13)18(25)20-11-9-17(24)19-10-4-12-23-15(3)21-14(2)22-23/h5-8H,4,9-12H2,1-3H3,(H,19,24)(H,20,25). The summed E-state index contributed by atoms with van der Waals surface area (Å²) in [7, 11) is 0. The molecule has 0 spiro atoms. The summed E-state index contributed by atoms with van der Waals surface area (Å²) < 4.78 is 1.84. The van der Waals surface area contributed by atoms with Crippen LogP contribution in [0, 0.1) is 20.8 Å². The number of amides is 2. The highest BCUT2D eigenvalue weighted by molar-refractivity contribution is 5.94. The second kappa shape index (κ2) is 8.96. The second-order valence-electron chi connectivity index (χ2n) is 6.00. The molecule has 0 aliphatic carbocycles. The summed E-state index contributed by atoms with van der Waals surface area (Å²) in [5.41, 5.74) is 1.71. The van der Waals surface area contributed by atoms with E-state index < -0.39 is 0 Å². The van der Waals surface area contributed by atoms with Gasteiger partial charge in [-0.2, -0.15) is 5.10 Å². The number of nitrogens with one attached hydrogen (secondary N) is 2. The lowest BCUT2D eigenvalue weighted by molar-refractivity contribution is -0.120. The van der Waals surface area contributed by atoms with Crippen molar-refractivity contribution >= 4 is 11.8 Å². The Hall–Kier alpha value is -2.70. The Balaban J connectivity index is 1.60. The lowest BCUT2D eigenvalue weighted by atomic mass is 10.1. The van der Waals surface area contributed by atoms with Gasteiger partial charge in [0.2, 0.25) is 5.91 Å². The third-order valence-corrected chi connectivity index (χ3v) is 3.78. The van der Waals surface area contributed by atoms with Gasteiger partial charge in [-0.1, -0.05) is 17.7 Å². The van der Waals surface area contributed by atoms with Gasteiger partial charge in [0.05, 0.1) is 0 Å². The molecule has 2 aromatic rings. The highest BCUT2D eigenvalue weighted by Gasteiger charge is 2.07. The van der Waals surface area contributed by atoms with Gasteiger partial charge in [-0.15, -0.1) is 0 Å². The van der Waals surface area contributed by atoms with Crippen LogP contribution < -0.4 is 10.6 Å². The average molecular weight is 343 g/mol. The van der Waals surface area contributed by atoms with Crippen molar-refractivity contribution in [1.29, 1.82) is 0 Å². The van der Waals surface area contributed by atoms with Crippen molar-refractivity contribution in [2.45, 2.75) is 40.2 Å². The number of benzene rings is 1. The Labute approximate surface area is 147 Å². The third kappa shape index (κ3) is 6.02. The molecule has 0 radical (unpaired) electrons. The molecule has 0 saturated carbocycles. The Morgan fingerprint density at radius 2 is 1.76 bits per heavy atom. The monoisotopic (exact) mass is 343 g/mol. The van der Waals surface area contributed by atoms with Crippen LogP contribution in [0.3, 0.4) is 0 Å². The maximum absolute atomic E-state index is 11.9. The van der Waals surface area contributed by atoms with E-state index >= 15 is 0 Å². The van der Waals surface area contributed by atoms with E-state index in [2.05, 4.69) is 20.7 Å². The van der Waals surface area contributed by atoms with Crippen LogP contribution in [0.4, 0.5) is 0 Å². The summed E-state index contributed by atoms with van der Waals surface area (Å²) in [6.07, 6.45) is 1.05. The van der Waals surface area contributed by atoms with Crippen molar-refractivity contribution in [3.05, 3.63) is 47.0 Å². The number of aryl methyl sites for hydroxylation is 4. The molecular formula is C18H25N5O2. The van der Waals surface area contributed by atoms with Crippen molar-refractivity contribution < 1.29 is 9.59 Å². The summed E-state index contributed by atoms with van der Waals surface area (Å²) in [6.45, 7) is 7.35. The minimum Gasteiger partial charge on any atom is -0.356 e. The number of rotatable bonds is 8. The van der Waals surface area contributed by atoms with Gasteiger partial charge in [0.25, 0.3) is 5.91 Å². The highest BCUT2D eigenvalue weighted by atomic mass is 16.2. The summed E-state index contributed by atoms with van der Waals surface area (Å²) >= 11 is 0. The van der Waals surface area contributed by atoms with Crippen molar-refractivity contribution in [3.63, 3.8) is 0 Å². The first-order valence-electron chi connectivity index (χ1n) is 8.45. The molecule has 2 rings (SSSR count). The predicted molar refractivity (Wildman–Crippen MR) is 95.3 cm³/mol. The van der Waals surface area contributed by atoms with Crippen LogP contribution in [-0.4, -0.2) is 39.7 Å². The van der Waals surface area contributed by atoms with Crippen LogP contribution in [0.5, 0.6) is 0 Å². The molecule has 7 nitrogen and oxygen atoms in total. The van der Waals surface area contributed by atoms with E-state index in [4.69, 9.17) is 0 Å². The van der Waals surface area contributed by atoms with Gasteiger partial charge < -0.3 is 10.6 Å². The van der Waals surface area contributed by atoms with E-state index in [1.807, 2.05) is 37.6 Å². The Morgan fingerprint density at radius 1 is 1.04 bits per heavy atom. The first kappa shape index (κ1) is 18.6. The lowest BCUT2D eigenvalue weighted by Gasteiger charge is -2.07. The first-order chi connectivity index (χ1) is 12.0. The van der Waals surface area contributed by atoms with Crippen LogP contribution in [-0.2, 0) is 11.3 Å². The molecule has 7 heteroatoms. The van der Waals surface area contributed by atoms with Crippen LogP contribution in [0.1, 0.15) is 40.4 Å². The van der Waals surface area contributed by atoms with Crippen molar-refractivity contribution in [2.24, 2.45) is 0 Å². The van der Waals surface area contributed by atoms with Crippen molar-refractivity contribution in [1.82, 2.24) is 25.4 Å². The summed E-state index contributed by atoms with van der Waals surface area (Å²) in [6, 6.07) is 7.33. The average Bonchev–Trinajstić information content (AvgIpc) is 2.89. The maximum atomic E-state index is 11.9. The van der Waals surface area contributed by atoms with E-state index in [0.29, 0.717) is 18.7 Å². The Bertz CT molecular complexity index is 722. The molecule has 0 fully saturated rings. The smallest absolute Gasteiger partial charge is 0.251 e.